The van der Waals surface area contributed by atoms with Gasteiger partial charge in [0, 0.05) is 28.9 Å². The lowest BCUT2D eigenvalue weighted by atomic mass is 10.2. The van der Waals surface area contributed by atoms with Crippen LogP contribution in [0.15, 0.2) is 0 Å². The molecular weight excluding hydrogens is 242 g/mol. The third kappa shape index (κ3) is 5.14. The van der Waals surface area contributed by atoms with Crippen molar-refractivity contribution >= 4 is 16.8 Å². The SMILES string of the molecule is CC(CCNCC1CCC(C(=O)O)O1)S(C)=O. The van der Waals surface area contributed by atoms with Gasteiger partial charge < -0.3 is 15.2 Å². The second kappa shape index (κ2) is 7.08. The molecule has 0 amide bonds. The summed E-state index contributed by atoms with van der Waals surface area (Å²) >= 11 is 0. The van der Waals surface area contributed by atoms with Crippen LogP contribution in [0.25, 0.3) is 0 Å². The van der Waals surface area contributed by atoms with E-state index >= 15 is 0 Å². The molecule has 5 nitrogen and oxygen atoms in total. The molecule has 1 aliphatic heterocycles. The van der Waals surface area contributed by atoms with Crippen molar-refractivity contribution < 1.29 is 18.8 Å². The summed E-state index contributed by atoms with van der Waals surface area (Å²) in [4.78, 5) is 10.7. The van der Waals surface area contributed by atoms with Gasteiger partial charge in [0.15, 0.2) is 6.10 Å². The fraction of sp³-hybridized carbons (Fsp3) is 0.909. The first kappa shape index (κ1) is 14.6. The van der Waals surface area contributed by atoms with E-state index in [1.807, 2.05) is 6.92 Å². The van der Waals surface area contributed by atoms with E-state index in [0.29, 0.717) is 13.0 Å². The molecule has 0 aromatic heterocycles. The Balaban J connectivity index is 2.08. The molecule has 100 valence electrons. The van der Waals surface area contributed by atoms with E-state index in [1.165, 1.54) is 0 Å². The van der Waals surface area contributed by atoms with Crippen LogP contribution < -0.4 is 5.32 Å². The second-order valence-electron chi connectivity index (χ2n) is 4.46. The van der Waals surface area contributed by atoms with Crippen molar-refractivity contribution in [2.75, 3.05) is 19.3 Å². The van der Waals surface area contributed by atoms with Crippen LogP contribution in [0.5, 0.6) is 0 Å². The van der Waals surface area contributed by atoms with Crippen molar-refractivity contribution in [1.29, 1.82) is 0 Å². The van der Waals surface area contributed by atoms with E-state index in [9.17, 15) is 9.00 Å². The molecule has 0 aromatic carbocycles. The topological polar surface area (TPSA) is 75.6 Å². The van der Waals surface area contributed by atoms with E-state index < -0.39 is 22.9 Å². The van der Waals surface area contributed by atoms with Crippen LogP contribution in [-0.2, 0) is 20.3 Å². The maximum Gasteiger partial charge on any atom is 0.332 e. The highest BCUT2D eigenvalue weighted by atomic mass is 32.2. The first-order valence-electron chi connectivity index (χ1n) is 5.92. The Morgan fingerprint density at radius 3 is 2.82 bits per heavy atom. The van der Waals surface area contributed by atoms with Gasteiger partial charge in [-0.15, -0.1) is 0 Å². The molecule has 1 rings (SSSR count). The molecule has 1 fully saturated rings. The Hall–Kier alpha value is -0.460. The summed E-state index contributed by atoms with van der Waals surface area (Å²) in [7, 11) is -0.777. The Morgan fingerprint density at radius 1 is 1.59 bits per heavy atom. The zero-order chi connectivity index (χ0) is 12.8. The quantitative estimate of drug-likeness (QED) is 0.649. The van der Waals surface area contributed by atoms with Gasteiger partial charge in [-0.2, -0.15) is 0 Å². The summed E-state index contributed by atoms with van der Waals surface area (Å²) in [6, 6.07) is 0. The summed E-state index contributed by atoms with van der Waals surface area (Å²) in [5.41, 5.74) is 0. The van der Waals surface area contributed by atoms with Crippen molar-refractivity contribution in [2.45, 2.75) is 43.6 Å². The van der Waals surface area contributed by atoms with Crippen LogP contribution in [0.4, 0.5) is 0 Å². The number of aliphatic carboxylic acids is 1. The van der Waals surface area contributed by atoms with Crippen LogP contribution in [0, 0.1) is 0 Å². The molecule has 0 saturated carbocycles. The van der Waals surface area contributed by atoms with Crippen LogP contribution >= 0.6 is 0 Å². The predicted octanol–water partition coefficient (Wildman–Crippen LogP) is 0.365. The van der Waals surface area contributed by atoms with Gasteiger partial charge in [-0.3, -0.25) is 4.21 Å². The third-order valence-corrected chi connectivity index (χ3v) is 4.42. The Bertz CT molecular complexity index is 285. The highest BCUT2D eigenvalue weighted by Gasteiger charge is 2.29. The largest absolute Gasteiger partial charge is 0.479 e. The van der Waals surface area contributed by atoms with E-state index in [-0.39, 0.29) is 11.4 Å². The molecule has 0 bridgehead atoms. The molecule has 4 unspecified atom stereocenters. The van der Waals surface area contributed by atoms with Gasteiger partial charge in [-0.1, -0.05) is 6.92 Å². The van der Waals surface area contributed by atoms with Crippen molar-refractivity contribution in [3.63, 3.8) is 0 Å². The van der Waals surface area contributed by atoms with Gasteiger partial charge in [0.1, 0.15) is 0 Å². The van der Waals surface area contributed by atoms with Gasteiger partial charge in [0.05, 0.1) is 6.10 Å². The number of rotatable bonds is 7. The van der Waals surface area contributed by atoms with Crippen LogP contribution in [0.3, 0.4) is 0 Å². The molecule has 6 heteroatoms. The lowest BCUT2D eigenvalue weighted by molar-refractivity contribution is -0.149. The Kier molecular flexibility index (Phi) is 6.08. The summed E-state index contributed by atoms with van der Waals surface area (Å²) in [5.74, 6) is -0.873. The molecule has 2 N–H and O–H groups in total. The molecule has 1 aliphatic rings. The van der Waals surface area contributed by atoms with Crippen LogP contribution in [0.1, 0.15) is 26.2 Å². The molecule has 0 aromatic rings. The van der Waals surface area contributed by atoms with E-state index in [1.54, 1.807) is 6.26 Å². The minimum absolute atomic E-state index is 0.00136. The fourth-order valence-corrected chi connectivity index (χ4v) is 2.22. The molecule has 0 radical (unpaired) electrons. The zero-order valence-electron chi connectivity index (χ0n) is 10.3. The summed E-state index contributed by atoms with van der Waals surface area (Å²) in [6.45, 7) is 3.43. The van der Waals surface area contributed by atoms with Crippen molar-refractivity contribution in [3.8, 4) is 0 Å². The first-order chi connectivity index (χ1) is 8.00. The third-order valence-electron chi connectivity index (χ3n) is 3.05. The Morgan fingerprint density at radius 2 is 2.29 bits per heavy atom. The van der Waals surface area contributed by atoms with Crippen molar-refractivity contribution in [1.82, 2.24) is 5.32 Å². The maximum absolute atomic E-state index is 11.1. The van der Waals surface area contributed by atoms with E-state index in [4.69, 9.17) is 9.84 Å². The smallest absolute Gasteiger partial charge is 0.332 e. The second-order valence-corrected chi connectivity index (χ2v) is 6.27. The monoisotopic (exact) mass is 263 g/mol. The molecular formula is C11H21NO4S. The van der Waals surface area contributed by atoms with Gasteiger partial charge in [-0.05, 0) is 25.8 Å². The average Bonchev–Trinajstić information content (AvgIpc) is 2.72. The first-order valence-corrected chi connectivity index (χ1v) is 7.54. The number of carboxylic acids is 1. The number of nitrogens with one attached hydrogen (secondary N) is 1. The zero-order valence-corrected chi connectivity index (χ0v) is 11.2. The highest BCUT2D eigenvalue weighted by molar-refractivity contribution is 7.84. The maximum atomic E-state index is 11.1. The normalized spacial score (nSPS) is 27.9. The van der Waals surface area contributed by atoms with Gasteiger partial charge in [0.25, 0.3) is 0 Å². The predicted molar refractivity (Wildman–Crippen MR) is 66.5 cm³/mol. The summed E-state index contributed by atoms with van der Waals surface area (Å²) in [6.07, 6.45) is 3.32. The lowest BCUT2D eigenvalue weighted by Crippen LogP contribution is -2.30. The summed E-state index contributed by atoms with van der Waals surface area (Å²) < 4.78 is 16.5. The molecule has 0 aliphatic carbocycles. The van der Waals surface area contributed by atoms with E-state index in [0.717, 1.165) is 19.4 Å². The van der Waals surface area contributed by atoms with Gasteiger partial charge >= 0.3 is 5.97 Å². The molecule has 17 heavy (non-hydrogen) atoms. The molecule has 1 saturated heterocycles. The molecule has 1 heterocycles. The Labute approximate surface area is 104 Å². The fourth-order valence-electron chi connectivity index (χ4n) is 1.77. The number of ether oxygens (including phenoxy) is 1. The minimum Gasteiger partial charge on any atom is -0.479 e. The van der Waals surface area contributed by atoms with Crippen molar-refractivity contribution in [3.05, 3.63) is 0 Å². The summed E-state index contributed by atoms with van der Waals surface area (Å²) in [5, 5.41) is 12.2. The van der Waals surface area contributed by atoms with Crippen LogP contribution in [0.2, 0.25) is 0 Å². The van der Waals surface area contributed by atoms with E-state index in [2.05, 4.69) is 5.32 Å². The highest BCUT2D eigenvalue weighted by Crippen LogP contribution is 2.19. The molecule has 4 atom stereocenters. The van der Waals surface area contributed by atoms with Gasteiger partial charge in [-0.25, -0.2) is 4.79 Å². The number of carbonyl (C=O) groups is 1. The number of carboxylic acid groups (broad SMARTS) is 1. The standard InChI is InChI=1S/C11H21NO4S/c1-8(17(2)15)5-6-12-7-9-3-4-10(16-9)11(13)14/h8-10,12H,3-7H2,1-2H3,(H,13,14). The number of hydrogen-bond acceptors (Lipinski definition) is 4. The molecule has 0 spiro atoms. The van der Waals surface area contributed by atoms with Crippen LogP contribution in [-0.4, -0.2) is 52.1 Å². The van der Waals surface area contributed by atoms with Gasteiger partial charge in [0.2, 0.25) is 0 Å². The minimum atomic E-state index is -0.873. The average molecular weight is 263 g/mol. The van der Waals surface area contributed by atoms with Crippen molar-refractivity contribution in [2.24, 2.45) is 0 Å². The lowest BCUT2D eigenvalue weighted by Gasteiger charge is -2.13. The number of hydrogen-bond donors (Lipinski definition) is 2.